The molecule has 3 aliphatic heterocycles. The molecule has 0 radical (unpaired) electrons. The van der Waals surface area contributed by atoms with Crippen molar-refractivity contribution in [2.45, 2.75) is 108 Å². The minimum absolute atomic E-state index is 0. The van der Waals surface area contributed by atoms with Gasteiger partial charge in [0.15, 0.2) is 0 Å². The average Bonchev–Trinajstić information content (AvgIpc) is 3.72. The number of nitrogens with one attached hydrogen (secondary N) is 2. The summed E-state index contributed by atoms with van der Waals surface area (Å²) in [5, 5.41) is 6.43. The topological polar surface area (TPSA) is 79.9 Å². The summed E-state index contributed by atoms with van der Waals surface area (Å²) in [6.45, 7) is 10.2. The largest absolute Gasteiger partial charge is 0.481 e. The van der Waals surface area contributed by atoms with Crippen LogP contribution in [0.25, 0.3) is 0 Å². The lowest BCUT2D eigenvalue weighted by Gasteiger charge is -2.64. The van der Waals surface area contributed by atoms with E-state index in [2.05, 4.69) is 38.3 Å². The molecule has 2 N–H and O–H groups in total. The molecule has 6 aliphatic rings. The summed E-state index contributed by atoms with van der Waals surface area (Å²) in [7, 11) is -0.532. The molecule has 1 aromatic carbocycles. The quantitative estimate of drug-likeness (QED) is 0.375. The Labute approximate surface area is 265 Å². The maximum Gasteiger partial charge on any atom is 0.481 e. The molecule has 12 heteroatoms. The minimum atomic E-state index is -4.45. The van der Waals surface area contributed by atoms with Gasteiger partial charge in [-0.3, -0.25) is 9.59 Å². The number of likely N-dealkylation sites (tertiary alicyclic amines) is 1. The van der Waals surface area contributed by atoms with Gasteiger partial charge in [-0.05, 0) is 67.9 Å². The first kappa shape index (κ1) is 33.5. The van der Waals surface area contributed by atoms with Crippen molar-refractivity contribution in [3.05, 3.63) is 35.4 Å². The van der Waals surface area contributed by atoms with Crippen LogP contribution in [0.3, 0.4) is 0 Å². The van der Waals surface area contributed by atoms with E-state index >= 15 is 0 Å². The fourth-order valence-corrected chi connectivity index (χ4v) is 8.80. The second-order valence-corrected chi connectivity index (χ2v) is 14.3. The second-order valence-electron chi connectivity index (χ2n) is 14.3. The van der Waals surface area contributed by atoms with Crippen LogP contribution in [-0.2, 0) is 25.1 Å². The van der Waals surface area contributed by atoms with Crippen molar-refractivity contribution in [3.63, 3.8) is 0 Å². The molecule has 3 aliphatic carbocycles. The molecule has 2 bridgehead atoms. The van der Waals surface area contributed by atoms with E-state index in [1.807, 2.05) is 0 Å². The van der Waals surface area contributed by atoms with E-state index in [0.29, 0.717) is 49.9 Å². The Bertz CT molecular complexity index is 1240. The van der Waals surface area contributed by atoms with Gasteiger partial charge in [0.2, 0.25) is 11.8 Å². The number of unbranched alkanes of at least 4 members (excludes halogenated alkanes) is 1. The van der Waals surface area contributed by atoms with Gasteiger partial charge in [0, 0.05) is 25.6 Å². The molecule has 7 nitrogen and oxygen atoms in total. The highest BCUT2D eigenvalue weighted by molar-refractivity contribution is 6.47. The molecule has 7 rings (SSSR count). The van der Waals surface area contributed by atoms with E-state index in [1.165, 1.54) is 6.07 Å². The predicted octanol–water partition coefficient (Wildman–Crippen LogP) is 5.36. The first-order valence-electron chi connectivity index (χ1n) is 16.2. The van der Waals surface area contributed by atoms with Crippen molar-refractivity contribution in [2.75, 3.05) is 19.6 Å². The number of hydrogen-bond donors (Lipinski definition) is 2. The molecule has 244 valence electrons. The Balaban J connectivity index is 0.00000384. The van der Waals surface area contributed by atoms with Crippen molar-refractivity contribution in [3.8, 4) is 0 Å². The van der Waals surface area contributed by atoms with Gasteiger partial charge >= 0.3 is 13.3 Å². The molecule has 3 saturated heterocycles. The molecule has 3 heterocycles. The van der Waals surface area contributed by atoms with Crippen LogP contribution in [0, 0.1) is 23.2 Å². The number of amides is 2. The number of nitrogens with zero attached hydrogens (tertiary/aromatic N) is 1. The van der Waals surface area contributed by atoms with E-state index in [-0.39, 0.29) is 47.3 Å². The summed E-state index contributed by atoms with van der Waals surface area (Å²) in [4.78, 5) is 29.4. The zero-order valence-electron chi connectivity index (χ0n) is 26.1. The monoisotopic (exact) mass is 639 g/mol. The van der Waals surface area contributed by atoms with E-state index < -0.39 is 36.7 Å². The van der Waals surface area contributed by atoms with Gasteiger partial charge in [-0.25, -0.2) is 0 Å². The first-order chi connectivity index (χ1) is 20.3. The zero-order chi connectivity index (χ0) is 30.7. The van der Waals surface area contributed by atoms with Gasteiger partial charge in [-0.1, -0.05) is 51.8 Å². The Morgan fingerprint density at radius 1 is 1.20 bits per heavy atom. The van der Waals surface area contributed by atoms with Gasteiger partial charge in [0.05, 0.1) is 29.1 Å². The molecule has 3 saturated carbocycles. The SMILES string of the molecule is CCCC[C@H](NC(=O)[C@@H]1CCCN1C(=O)[C@@H]1CNC[C@H]1c1cccc(C(F)(F)F)c1)B1O[C@@H]2C[C@@H]3C[C@H](C3(C)C)[C@]2(C)O1.Cl. The third-order valence-electron chi connectivity index (χ3n) is 11.5. The van der Waals surface area contributed by atoms with Crippen LogP contribution in [0.4, 0.5) is 13.2 Å². The maximum absolute atomic E-state index is 13.9. The summed E-state index contributed by atoms with van der Waals surface area (Å²) in [6, 6.07) is 4.63. The highest BCUT2D eigenvalue weighted by atomic mass is 35.5. The molecule has 2 amide bonds. The number of halogens is 4. The van der Waals surface area contributed by atoms with E-state index in [9.17, 15) is 22.8 Å². The lowest BCUT2D eigenvalue weighted by Crippen LogP contribution is -2.65. The molecule has 44 heavy (non-hydrogen) atoms. The fourth-order valence-electron chi connectivity index (χ4n) is 8.80. The van der Waals surface area contributed by atoms with Crippen molar-refractivity contribution < 1.29 is 32.1 Å². The molecule has 0 aromatic heterocycles. The first-order valence-corrected chi connectivity index (χ1v) is 16.2. The number of hydrogen-bond acceptors (Lipinski definition) is 5. The fraction of sp³-hybridized carbons (Fsp3) is 0.750. The molecule has 6 fully saturated rings. The number of carbonyl (C=O) groups excluding carboxylic acids is 2. The number of carbonyl (C=O) groups is 2. The Kier molecular flexibility index (Phi) is 9.47. The Morgan fingerprint density at radius 3 is 2.68 bits per heavy atom. The normalized spacial score (nSPS) is 34.6. The second kappa shape index (κ2) is 12.4. The number of alkyl halides is 3. The van der Waals surface area contributed by atoms with Gasteiger partial charge < -0.3 is 24.8 Å². The van der Waals surface area contributed by atoms with Crippen molar-refractivity contribution in [1.82, 2.24) is 15.5 Å². The van der Waals surface area contributed by atoms with Crippen molar-refractivity contribution >= 4 is 31.3 Å². The highest BCUT2D eigenvalue weighted by Gasteiger charge is 2.68. The van der Waals surface area contributed by atoms with E-state index in [1.54, 1.807) is 11.0 Å². The van der Waals surface area contributed by atoms with Crippen LogP contribution in [0.5, 0.6) is 0 Å². The number of benzene rings is 1. The van der Waals surface area contributed by atoms with E-state index in [0.717, 1.165) is 44.2 Å². The molecule has 8 atom stereocenters. The lowest BCUT2D eigenvalue weighted by molar-refractivity contribution is -0.199. The lowest BCUT2D eigenvalue weighted by atomic mass is 9.43. The summed E-state index contributed by atoms with van der Waals surface area (Å²) < 4.78 is 53.4. The summed E-state index contributed by atoms with van der Waals surface area (Å²) in [6.07, 6.45) is 1.54. The molecule has 1 aromatic rings. The molecule has 0 spiro atoms. The van der Waals surface area contributed by atoms with Gasteiger partial charge in [-0.2, -0.15) is 13.2 Å². The Hall–Kier alpha value is -1.82. The average molecular weight is 640 g/mol. The summed E-state index contributed by atoms with van der Waals surface area (Å²) in [5.74, 6) is -0.579. The smallest absolute Gasteiger partial charge is 0.404 e. The van der Waals surface area contributed by atoms with Crippen LogP contribution < -0.4 is 10.6 Å². The van der Waals surface area contributed by atoms with Gasteiger partial charge in [0.1, 0.15) is 6.04 Å². The van der Waals surface area contributed by atoms with Crippen LogP contribution >= 0.6 is 12.4 Å². The number of rotatable bonds is 8. The minimum Gasteiger partial charge on any atom is -0.404 e. The molecule has 0 unspecified atom stereocenters. The molecular weight excluding hydrogens is 594 g/mol. The Morgan fingerprint density at radius 2 is 1.98 bits per heavy atom. The standard InChI is InChI=1S/C32H45BF3N3O4.ClH/c1-5-6-12-27(33-42-26-16-21-15-25(30(21,2)3)31(26,4)43-33)38-28(40)24-11-8-13-39(24)29(41)23-18-37-17-22(23)19-9-7-10-20(14-19)32(34,35)36;/h7,9-10,14,21-27,37H,5-6,8,11-13,15-18H2,1-4H3,(H,38,40);1H/t21-,22-,23+,24-,25+,26+,27-,31-;/m0./s1. The summed E-state index contributed by atoms with van der Waals surface area (Å²) in [5.41, 5.74) is -0.381. The summed E-state index contributed by atoms with van der Waals surface area (Å²) >= 11 is 0. The van der Waals surface area contributed by atoms with Crippen LogP contribution in [-0.4, -0.2) is 67.2 Å². The highest BCUT2D eigenvalue weighted by Crippen LogP contribution is 2.65. The van der Waals surface area contributed by atoms with Gasteiger partial charge in [0.25, 0.3) is 0 Å². The van der Waals surface area contributed by atoms with Gasteiger partial charge in [-0.15, -0.1) is 12.4 Å². The van der Waals surface area contributed by atoms with Crippen molar-refractivity contribution in [1.29, 1.82) is 0 Å². The predicted molar refractivity (Wildman–Crippen MR) is 164 cm³/mol. The molecular formula is C32H46BClF3N3O4. The van der Waals surface area contributed by atoms with Crippen LogP contribution in [0.2, 0.25) is 0 Å². The zero-order valence-corrected chi connectivity index (χ0v) is 26.9. The maximum atomic E-state index is 13.9. The third-order valence-corrected chi connectivity index (χ3v) is 11.5. The van der Waals surface area contributed by atoms with E-state index in [4.69, 9.17) is 9.31 Å². The third kappa shape index (κ3) is 5.80. The van der Waals surface area contributed by atoms with Crippen LogP contribution in [0.1, 0.15) is 89.7 Å². The van der Waals surface area contributed by atoms with Crippen LogP contribution in [0.15, 0.2) is 24.3 Å². The van der Waals surface area contributed by atoms with Crippen molar-refractivity contribution in [2.24, 2.45) is 23.2 Å².